The molecule has 0 fully saturated rings. The van der Waals surface area contributed by atoms with Gasteiger partial charge < -0.3 is 10.3 Å². The van der Waals surface area contributed by atoms with Gasteiger partial charge in [0.1, 0.15) is 0 Å². The van der Waals surface area contributed by atoms with Crippen LogP contribution in [-0.2, 0) is 6.42 Å². The van der Waals surface area contributed by atoms with Gasteiger partial charge in [0.25, 0.3) is 0 Å². The maximum Gasteiger partial charge on any atom is 0.228 e. The number of nitrogens with two attached hydrogens (primary N) is 1. The Morgan fingerprint density at radius 1 is 1.38 bits per heavy atom. The fourth-order valence-electron chi connectivity index (χ4n) is 1.33. The maximum atomic E-state index is 5.66. The summed E-state index contributed by atoms with van der Waals surface area (Å²) in [6.07, 6.45) is 0.601. The van der Waals surface area contributed by atoms with Crippen LogP contribution in [0, 0.1) is 0 Å². The fraction of sp³-hybridized carbons (Fsp3) is 0.273. The van der Waals surface area contributed by atoms with Gasteiger partial charge in [-0.15, -0.1) is 0 Å². The molecule has 0 aliphatic heterocycles. The summed E-state index contributed by atoms with van der Waals surface area (Å²) in [7, 11) is 0. The molecule has 0 spiro atoms. The van der Waals surface area contributed by atoms with Crippen molar-refractivity contribution < 1.29 is 4.52 Å². The van der Waals surface area contributed by atoms with Crippen molar-refractivity contribution in [1.82, 2.24) is 10.1 Å². The van der Waals surface area contributed by atoms with Crippen LogP contribution < -0.4 is 5.73 Å². The van der Waals surface area contributed by atoms with Crippen LogP contribution in [0.15, 0.2) is 33.3 Å². The van der Waals surface area contributed by atoms with Gasteiger partial charge in [0.2, 0.25) is 11.7 Å². The summed E-state index contributed by atoms with van der Waals surface area (Å²) in [6, 6.07) is 7.78. The normalized spacial score (nSPS) is 12.7. The van der Waals surface area contributed by atoms with Crippen LogP contribution >= 0.6 is 15.9 Å². The lowest BCUT2D eigenvalue weighted by molar-refractivity contribution is 0.372. The summed E-state index contributed by atoms with van der Waals surface area (Å²) in [5.41, 5.74) is 6.59. The van der Waals surface area contributed by atoms with Gasteiger partial charge in [0.05, 0.1) is 0 Å². The molecular formula is C11H12BrN3O. The number of aromatic nitrogens is 2. The van der Waals surface area contributed by atoms with E-state index in [2.05, 4.69) is 26.1 Å². The highest BCUT2D eigenvalue weighted by Crippen LogP contribution is 2.19. The molecule has 1 aromatic heterocycles. The van der Waals surface area contributed by atoms with Gasteiger partial charge >= 0.3 is 0 Å². The Kier molecular flexibility index (Phi) is 3.36. The monoisotopic (exact) mass is 281 g/mol. The highest BCUT2D eigenvalue weighted by atomic mass is 79.9. The van der Waals surface area contributed by atoms with Gasteiger partial charge in [0, 0.05) is 22.5 Å². The lowest BCUT2D eigenvalue weighted by Crippen LogP contribution is -2.17. The van der Waals surface area contributed by atoms with Crippen LogP contribution in [0.3, 0.4) is 0 Å². The predicted octanol–water partition coefficient (Wildman–Crippen LogP) is 2.39. The van der Waals surface area contributed by atoms with E-state index in [1.165, 1.54) is 0 Å². The summed E-state index contributed by atoms with van der Waals surface area (Å²) < 4.78 is 6.13. The Balaban J connectivity index is 2.21. The first-order valence-corrected chi connectivity index (χ1v) is 5.78. The molecule has 2 aromatic rings. The molecule has 1 unspecified atom stereocenters. The minimum absolute atomic E-state index is 0.0261. The van der Waals surface area contributed by atoms with Crippen LogP contribution in [0.2, 0.25) is 0 Å². The zero-order valence-corrected chi connectivity index (χ0v) is 10.4. The average Bonchev–Trinajstić information content (AvgIpc) is 2.66. The van der Waals surface area contributed by atoms with Crippen molar-refractivity contribution in [1.29, 1.82) is 0 Å². The van der Waals surface area contributed by atoms with Crippen LogP contribution in [-0.4, -0.2) is 16.2 Å². The first kappa shape index (κ1) is 11.3. The van der Waals surface area contributed by atoms with Crippen LogP contribution in [0.25, 0.3) is 11.4 Å². The largest absolute Gasteiger partial charge is 0.339 e. The molecule has 1 aromatic carbocycles. The summed E-state index contributed by atoms with van der Waals surface area (Å²) in [5, 5.41) is 3.91. The van der Waals surface area contributed by atoms with Gasteiger partial charge in [0.15, 0.2) is 0 Å². The quantitative estimate of drug-likeness (QED) is 0.938. The highest BCUT2D eigenvalue weighted by Gasteiger charge is 2.09. The van der Waals surface area contributed by atoms with Gasteiger partial charge in [-0.3, -0.25) is 0 Å². The van der Waals surface area contributed by atoms with E-state index in [1.807, 2.05) is 31.2 Å². The fourth-order valence-corrected chi connectivity index (χ4v) is 1.59. The molecule has 0 radical (unpaired) electrons. The Morgan fingerprint density at radius 3 is 2.69 bits per heavy atom. The summed E-state index contributed by atoms with van der Waals surface area (Å²) >= 11 is 3.38. The number of nitrogens with zero attached hydrogens (tertiary/aromatic N) is 2. The van der Waals surface area contributed by atoms with Gasteiger partial charge in [-0.25, -0.2) is 0 Å². The minimum Gasteiger partial charge on any atom is -0.339 e. The van der Waals surface area contributed by atoms with Crippen LogP contribution in [0.4, 0.5) is 0 Å². The van der Waals surface area contributed by atoms with E-state index in [4.69, 9.17) is 10.3 Å². The molecule has 5 heteroatoms. The third-order valence-corrected chi connectivity index (χ3v) is 2.60. The second kappa shape index (κ2) is 4.76. The summed E-state index contributed by atoms with van der Waals surface area (Å²) in [4.78, 5) is 4.28. The molecule has 0 aliphatic carbocycles. The van der Waals surface area contributed by atoms with E-state index in [9.17, 15) is 0 Å². The van der Waals surface area contributed by atoms with E-state index in [-0.39, 0.29) is 6.04 Å². The molecular weight excluding hydrogens is 270 g/mol. The average molecular weight is 282 g/mol. The number of benzene rings is 1. The van der Waals surface area contributed by atoms with E-state index in [1.54, 1.807) is 0 Å². The third-order valence-electron chi connectivity index (χ3n) is 2.07. The van der Waals surface area contributed by atoms with E-state index >= 15 is 0 Å². The standard InChI is InChI=1S/C11H12BrN3O/c1-7(13)6-10-14-11(15-16-10)8-2-4-9(12)5-3-8/h2-5,7H,6,13H2,1H3. The third kappa shape index (κ3) is 2.68. The molecule has 2 rings (SSSR count). The molecule has 1 heterocycles. The van der Waals surface area contributed by atoms with Crippen molar-refractivity contribution in [3.8, 4) is 11.4 Å². The molecule has 0 saturated heterocycles. The zero-order chi connectivity index (χ0) is 11.5. The number of hydrogen-bond donors (Lipinski definition) is 1. The Morgan fingerprint density at radius 2 is 2.06 bits per heavy atom. The predicted molar refractivity (Wildman–Crippen MR) is 64.8 cm³/mol. The zero-order valence-electron chi connectivity index (χ0n) is 8.85. The van der Waals surface area contributed by atoms with Crippen LogP contribution in [0.1, 0.15) is 12.8 Å². The van der Waals surface area contributed by atoms with E-state index < -0.39 is 0 Å². The lowest BCUT2D eigenvalue weighted by atomic mass is 10.2. The summed E-state index contributed by atoms with van der Waals surface area (Å²) in [5.74, 6) is 1.18. The van der Waals surface area contributed by atoms with Crippen molar-refractivity contribution in [2.45, 2.75) is 19.4 Å². The molecule has 4 nitrogen and oxygen atoms in total. The van der Waals surface area contributed by atoms with E-state index in [0.717, 1.165) is 10.0 Å². The van der Waals surface area contributed by atoms with Crippen molar-refractivity contribution in [3.63, 3.8) is 0 Å². The second-order valence-corrected chi connectivity index (χ2v) is 4.62. The number of halogens is 1. The topological polar surface area (TPSA) is 64.9 Å². The van der Waals surface area contributed by atoms with Gasteiger partial charge in [-0.2, -0.15) is 4.98 Å². The molecule has 84 valence electrons. The Hall–Kier alpha value is -1.20. The molecule has 0 amide bonds. The van der Waals surface area contributed by atoms with Crippen molar-refractivity contribution in [3.05, 3.63) is 34.6 Å². The molecule has 0 saturated carbocycles. The van der Waals surface area contributed by atoms with E-state index in [0.29, 0.717) is 18.1 Å². The van der Waals surface area contributed by atoms with Crippen molar-refractivity contribution in [2.75, 3.05) is 0 Å². The molecule has 0 aliphatic rings. The van der Waals surface area contributed by atoms with Gasteiger partial charge in [-0.05, 0) is 31.2 Å². The number of rotatable bonds is 3. The molecule has 1 atom stereocenters. The molecule has 16 heavy (non-hydrogen) atoms. The smallest absolute Gasteiger partial charge is 0.228 e. The highest BCUT2D eigenvalue weighted by molar-refractivity contribution is 9.10. The van der Waals surface area contributed by atoms with Crippen LogP contribution in [0.5, 0.6) is 0 Å². The Labute approximate surface area is 102 Å². The van der Waals surface area contributed by atoms with Crippen molar-refractivity contribution in [2.24, 2.45) is 5.73 Å². The van der Waals surface area contributed by atoms with Crippen molar-refractivity contribution >= 4 is 15.9 Å². The Bertz CT molecular complexity index is 464. The molecule has 2 N–H and O–H groups in total. The minimum atomic E-state index is 0.0261. The van der Waals surface area contributed by atoms with Gasteiger partial charge in [-0.1, -0.05) is 21.1 Å². The first-order valence-electron chi connectivity index (χ1n) is 4.99. The second-order valence-electron chi connectivity index (χ2n) is 3.70. The number of hydrogen-bond acceptors (Lipinski definition) is 4. The lowest BCUT2D eigenvalue weighted by Gasteiger charge is -1.97. The first-order chi connectivity index (χ1) is 7.65. The maximum absolute atomic E-state index is 5.66. The molecule has 0 bridgehead atoms. The SMILES string of the molecule is CC(N)Cc1nc(-c2ccc(Br)cc2)no1. The summed E-state index contributed by atoms with van der Waals surface area (Å²) in [6.45, 7) is 1.91.